The molecule has 108 valence electrons. The molecule has 0 unspecified atom stereocenters. The van der Waals surface area contributed by atoms with Crippen LogP contribution in [0.5, 0.6) is 0 Å². The summed E-state index contributed by atoms with van der Waals surface area (Å²) in [5, 5.41) is 0. The summed E-state index contributed by atoms with van der Waals surface area (Å²) in [6.07, 6.45) is 0.901. The fourth-order valence-corrected chi connectivity index (χ4v) is 2.59. The summed E-state index contributed by atoms with van der Waals surface area (Å²) >= 11 is 3.42. The molecule has 0 saturated carbocycles. The van der Waals surface area contributed by atoms with Gasteiger partial charge in [0.1, 0.15) is 5.69 Å². The quantitative estimate of drug-likeness (QED) is 0.910. The number of anilines is 1. The lowest BCUT2D eigenvalue weighted by Gasteiger charge is -2.14. The van der Waals surface area contributed by atoms with Gasteiger partial charge >= 0.3 is 0 Å². The highest BCUT2D eigenvalue weighted by molar-refractivity contribution is 9.10. The molecular formula is C14H18BrN3O2. The second kappa shape index (κ2) is 6.28. The van der Waals surface area contributed by atoms with E-state index in [2.05, 4.69) is 22.9 Å². The molecule has 0 fully saturated rings. The van der Waals surface area contributed by atoms with Crippen LogP contribution in [-0.2, 0) is 17.9 Å². The number of methoxy groups -OCH3 is 1. The highest BCUT2D eigenvalue weighted by atomic mass is 79.9. The monoisotopic (exact) mass is 339 g/mol. The zero-order chi connectivity index (χ0) is 14.7. The van der Waals surface area contributed by atoms with E-state index in [1.807, 2.05) is 28.9 Å². The third-order valence-corrected chi connectivity index (χ3v) is 3.55. The summed E-state index contributed by atoms with van der Waals surface area (Å²) < 4.78 is 9.58. The number of hydrogen-bond donors (Lipinski definition) is 1. The van der Waals surface area contributed by atoms with Crippen LogP contribution >= 0.6 is 15.9 Å². The van der Waals surface area contributed by atoms with Gasteiger partial charge in [-0.25, -0.2) is 4.68 Å². The first kappa shape index (κ1) is 14.9. The van der Waals surface area contributed by atoms with E-state index in [-0.39, 0.29) is 11.2 Å². The number of ether oxygens (including phenoxy) is 1. The minimum absolute atomic E-state index is 0.205. The Balaban J connectivity index is 2.68. The van der Waals surface area contributed by atoms with Crippen molar-refractivity contribution in [3.05, 3.63) is 44.8 Å². The fraction of sp³-hybridized carbons (Fsp3) is 0.357. The van der Waals surface area contributed by atoms with Crippen LogP contribution in [0.1, 0.15) is 19.0 Å². The van der Waals surface area contributed by atoms with Crippen LogP contribution in [0, 0.1) is 0 Å². The van der Waals surface area contributed by atoms with Crippen molar-refractivity contribution in [2.75, 3.05) is 12.8 Å². The third kappa shape index (κ3) is 2.66. The van der Waals surface area contributed by atoms with Crippen LogP contribution in [0.25, 0.3) is 5.69 Å². The molecule has 1 aromatic carbocycles. The van der Waals surface area contributed by atoms with Gasteiger partial charge in [-0.1, -0.05) is 28.9 Å². The zero-order valence-corrected chi connectivity index (χ0v) is 13.2. The van der Waals surface area contributed by atoms with Gasteiger partial charge in [-0.2, -0.15) is 0 Å². The number of nitrogens with zero attached hydrogens (tertiary/aromatic N) is 2. The molecule has 0 aliphatic rings. The van der Waals surface area contributed by atoms with Crippen LogP contribution in [0.4, 0.5) is 5.69 Å². The topological polar surface area (TPSA) is 62.2 Å². The molecule has 1 aromatic heterocycles. The van der Waals surface area contributed by atoms with E-state index in [1.165, 1.54) is 0 Å². The van der Waals surface area contributed by atoms with Crippen molar-refractivity contribution in [1.29, 1.82) is 0 Å². The Bertz CT molecular complexity index is 661. The van der Waals surface area contributed by atoms with E-state index < -0.39 is 0 Å². The molecule has 1 heterocycles. The second-order valence-corrected chi connectivity index (χ2v) is 5.43. The molecule has 2 aromatic rings. The predicted molar refractivity (Wildman–Crippen MR) is 83.1 cm³/mol. The molecule has 5 nitrogen and oxygen atoms in total. The van der Waals surface area contributed by atoms with Gasteiger partial charge in [-0.3, -0.25) is 9.48 Å². The SMILES string of the molecule is CCCn1c(COC)c(N)c(=O)n1-c1cccc(Br)c1. The maximum absolute atomic E-state index is 12.4. The number of halogens is 1. The highest BCUT2D eigenvalue weighted by Crippen LogP contribution is 2.18. The molecule has 2 N–H and O–H groups in total. The molecule has 20 heavy (non-hydrogen) atoms. The van der Waals surface area contributed by atoms with E-state index in [0.717, 1.165) is 22.3 Å². The number of hydrogen-bond acceptors (Lipinski definition) is 3. The number of rotatable bonds is 5. The van der Waals surface area contributed by atoms with E-state index in [9.17, 15) is 4.79 Å². The molecular weight excluding hydrogens is 322 g/mol. The Morgan fingerprint density at radius 1 is 1.40 bits per heavy atom. The van der Waals surface area contributed by atoms with E-state index in [0.29, 0.717) is 13.2 Å². The normalized spacial score (nSPS) is 10.9. The summed E-state index contributed by atoms with van der Waals surface area (Å²) in [5.41, 5.74) is 7.50. The molecule has 0 saturated heterocycles. The van der Waals surface area contributed by atoms with Crippen molar-refractivity contribution in [3.8, 4) is 5.69 Å². The summed E-state index contributed by atoms with van der Waals surface area (Å²) in [6.45, 7) is 3.09. The number of nitrogen functional groups attached to an aromatic ring is 1. The minimum atomic E-state index is -0.205. The maximum Gasteiger partial charge on any atom is 0.294 e. The van der Waals surface area contributed by atoms with Crippen molar-refractivity contribution in [3.63, 3.8) is 0 Å². The first-order valence-electron chi connectivity index (χ1n) is 6.45. The number of nitrogens with two attached hydrogens (primary N) is 1. The Labute approximate surface area is 126 Å². The predicted octanol–water partition coefficient (Wildman–Crippen LogP) is 2.54. The van der Waals surface area contributed by atoms with Gasteiger partial charge in [-0.15, -0.1) is 0 Å². The molecule has 0 aliphatic carbocycles. The Hall–Kier alpha value is -1.53. The van der Waals surface area contributed by atoms with Crippen molar-refractivity contribution in [2.24, 2.45) is 0 Å². The van der Waals surface area contributed by atoms with Crippen molar-refractivity contribution in [2.45, 2.75) is 26.5 Å². The lowest BCUT2D eigenvalue weighted by molar-refractivity contribution is 0.176. The summed E-state index contributed by atoms with van der Waals surface area (Å²) in [4.78, 5) is 12.4. The summed E-state index contributed by atoms with van der Waals surface area (Å²) in [6, 6.07) is 7.58. The molecule has 2 rings (SSSR count). The third-order valence-electron chi connectivity index (χ3n) is 3.06. The van der Waals surface area contributed by atoms with Gasteiger partial charge in [0.25, 0.3) is 5.56 Å². The van der Waals surface area contributed by atoms with Crippen molar-refractivity contribution in [1.82, 2.24) is 9.36 Å². The molecule has 0 spiro atoms. The Morgan fingerprint density at radius 2 is 2.15 bits per heavy atom. The van der Waals surface area contributed by atoms with Crippen LogP contribution < -0.4 is 11.3 Å². The van der Waals surface area contributed by atoms with E-state index in [1.54, 1.807) is 11.8 Å². The molecule has 0 atom stereocenters. The average Bonchev–Trinajstić information content (AvgIpc) is 2.65. The molecule has 0 bridgehead atoms. The second-order valence-electron chi connectivity index (χ2n) is 4.51. The smallest absolute Gasteiger partial charge is 0.294 e. The van der Waals surface area contributed by atoms with Gasteiger partial charge in [0.15, 0.2) is 0 Å². The first-order chi connectivity index (χ1) is 9.60. The average molecular weight is 340 g/mol. The maximum atomic E-state index is 12.4. The molecule has 0 amide bonds. The molecule has 0 aliphatic heterocycles. The van der Waals surface area contributed by atoms with E-state index in [4.69, 9.17) is 10.5 Å². The van der Waals surface area contributed by atoms with Crippen LogP contribution in [0.15, 0.2) is 33.5 Å². The van der Waals surface area contributed by atoms with Crippen molar-refractivity contribution < 1.29 is 4.74 Å². The number of benzene rings is 1. The lowest BCUT2D eigenvalue weighted by Crippen LogP contribution is -2.22. The summed E-state index contributed by atoms with van der Waals surface area (Å²) in [7, 11) is 1.59. The first-order valence-corrected chi connectivity index (χ1v) is 7.24. The Morgan fingerprint density at radius 3 is 2.75 bits per heavy atom. The van der Waals surface area contributed by atoms with Crippen LogP contribution in [0.2, 0.25) is 0 Å². The minimum Gasteiger partial charge on any atom is -0.393 e. The van der Waals surface area contributed by atoms with Gasteiger partial charge in [-0.05, 0) is 24.6 Å². The Kier molecular flexibility index (Phi) is 4.67. The van der Waals surface area contributed by atoms with Gasteiger partial charge in [0, 0.05) is 18.1 Å². The van der Waals surface area contributed by atoms with Gasteiger partial charge < -0.3 is 10.5 Å². The largest absolute Gasteiger partial charge is 0.393 e. The van der Waals surface area contributed by atoms with E-state index >= 15 is 0 Å². The fourth-order valence-electron chi connectivity index (χ4n) is 2.21. The lowest BCUT2D eigenvalue weighted by atomic mass is 10.3. The standard InChI is InChI=1S/C14H18BrN3O2/c1-3-7-17-12(9-20-2)13(16)14(19)18(17)11-6-4-5-10(15)8-11/h4-6,8H,3,7,9,16H2,1-2H3. The van der Waals surface area contributed by atoms with Gasteiger partial charge in [0.05, 0.1) is 18.0 Å². The highest BCUT2D eigenvalue weighted by Gasteiger charge is 2.18. The zero-order valence-electron chi connectivity index (χ0n) is 11.6. The molecule has 6 heteroatoms. The van der Waals surface area contributed by atoms with Crippen molar-refractivity contribution >= 4 is 21.6 Å². The number of aromatic nitrogens is 2. The van der Waals surface area contributed by atoms with Gasteiger partial charge in [0.2, 0.25) is 0 Å². The molecule has 0 radical (unpaired) electrons. The van der Waals surface area contributed by atoms with Crippen LogP contribution in [0.3, 0.4) is 0 Å². The summed E-state index contributed by atoms with van der Waals surface area (Å²) in [5.74, 6) is 0. The van der Waals surface area contributed by atoms with Crippen LogP contribution in [-0.4, -0.2) is 16.5 Å².